The summed E-state index contributed by atoms with van der Waals surface area (Å²) < 4.78 is 36.9. The summed E-state index contributed by atoms with van der Waals surface area (Å²) in [6.07, 6.45) is 4.64. The van der Waals surface area contributed by atoms with Crippen LogP contribution in [0, 0.1) is 6.92 Å². The molecule has 1 saturated heterocycles. The summed E-state index contributed by atoms with van der Waals surface area (Å²) >= 11 is 6.94. The number of sulfonamides is 1. The Hall–Kier alpha value is -3.67. The number of likely N-dealkylation sites (N-methyl/N-ethyl adjacent to an activating group) is 1. The molecule has 2 fully saturated rings. The molecule has 0 unspecified atom stereocenters. The van der Waals surface area contributed by atoms with Gasteiger partial charge in [-0.15, -0.1) is 0 Å². The molecule has 214 valence electrons. The third kappa shape index (κ3) is 5.74. The van der Waals surface area contributed by atoms with Crippen molar-refractivity contribution in [2.24, 2.45) is 7.05 Å². The standard InChI is InChI=1S/C29H32ClN7O3S/c1-19-7-4-5-8-22(19)27-25(20-11-12-20)28(33-29(32-27)34-41(38,39)21-17-31-36(3)18-21)40-24-10-6-9-23(26(24)30)37-15-13-35(2)14-16-37/h4-10,17-18,20H,11-16H2,1-3H3,(H,32,33,34). The van der Waals surface area contributed by atoms with Gasteiger partial charge in [0.1, 0.15) is 15.7 Å². The number of aromatic nitrogens is 4. The molecule has 0 radical (unpaired) electrons. The van der Waals surface area contributed by atoms with E-state index >= 15 is 0 Å². The fourth-order valence-corrected chi connectivity index (χ4v) is 6.26. The van der Waals surface area contributed by atoms with Crippen LogP contribution in [0.25, 0.3) is 11.3 Å². The van der Waals surface area contributed by atoms with E-state index in [2.05, 4.69) is 31.7 Å². The zero-order chi connectivity index (χ0) is 28.7. The van der Waals surface area contributed by atoms with Crippen LogP contribution in [0.15, 0.2) is 59.8 Å². The van der Waals surface area contributed by atoms with Gasteiger partial charge in [0.05, 0.1) is 17.6 Å². The minimum atomic E-state index is -3.99. The summed E-state index contributed by atoms with van der Waals surface area (Å²) in [5, 5.41) is 4.48. The number of hydrogen-bond acceptors (Lipinski definition) is 8. The maximum absolute atomic E-state index is 13.2. The van der Waals surface area contributed by atoms with Crippen LogP contribution in [0.3, 0.4) is 0 Å². The van der Waals surface area contributed by atoms with Gasteiger partial charge in [-0.2, -0.15) is 10.1 Å². The number of rotatable bonds is 8. The van der Waals surface area contributed by atoms with Gasteiger partial charge >= 0.3 is 0 Å². The van der Waals surface area contributed by atoms with Gasteiger partial charge in [0.2, 0.25) is 11.8 Å². The van der Waals surface area contributed by atoms with E-state index in [-0.39, 0.29) is 16.8 Å². The lowest BCUT2D eigenvalue weighted by molar-refractivity contribution is 0.313. The Balaban J connectivity index is 1.45. The van der Waals surface area contributed by atoms with E-state index in [0.717, 1.165) is 61.4 Å². The molecule has 0 atom stereocenters. The predicted molar refractivity (Wildman–Crippen MR) is 159 cm³/mol. The molecule has 0 bridgehead atoms. The number of nitrogens with one attached hydrogen (secondary N) is 1. The molecule has 2 aromatic carbocycles. The third-order valence-corrected chi connectivity index (χ3v) is 9.17. The highest BCUT2D eigenvalue weighted by Gasteiger charge is 2.34. The first-order chi connectivity index (χ1) is 19.7. The molecular formula is C29H32ClN7O3S. The van der Waals surface area contributed by atoms with Gasteiger partial charge in [-0.05, 0) is 50.4 Å². The van der Waals surface area contributed by atoms with Crippen molar-refractivity contribution in [2.45, 2.75) is 30.6 Å². The number of ether oxygens (including phenoxy) is 1. The van der Waals surface area contributed by atoms with Gasteiger partial charge in [0, 0.05) is 50.6 Å². The number of aryl methyl sites for hydroxylation is 2. The highest BCUT2D eigenvalue weighted by Crippen LogP contribution is 2.50. The van der Waals surface area contributed by atoms with Crippen molar-refractivity contribution in [3.63, 3.8) is 0 Å². The maximum Gasteiger partial charge on any atom is 0.267 e. The summed E-state index contributed by atoms with van der Waals surface area (Å²) in [6.45, 7) is 5.61. The Bertz CT molecular complexity index is 1700. The summed E-state index contributed by atoms with van der Waals surface area (Å²) in [6, 6.07) is 13.6. The van der Waals surface area contributed by atoms with Crippen molar-refractivity contribution in [3.8, 4) is 22.9 Å². The predicted octanol–water partition coefficient (Wildman–Crippen LogP) is 5.06. The number of anilines is 2. The first-order valence-electron chi connectivity index (χ1n) is 13.6. The van der Waals surface area contributed by atoms with Crippen LogP contribution in [0.1, 0.15) is 29.9 Å². The second-order valence-corrected chi connectivity index (χ2v) is 12.7. The van der Waals surface area contributed by atoms with Gasteiger partial charge in [-0.25, -0.2) is 18.1 Å². The van der Waals surface area contributed by atoms with Gasteiger partial charge in [0.15, 0.2) is 0 Å². The van der Waals surface area contributed by atoms with Gasteiger partial charge in [0.25, 0.3) is 10.0 Å². The molecule has 1 N–H and O–H groups in total. The smallest absolute Gasteiger partial charge is 0.267 e. The lowest BCUT2D eigenvalue weighted by Crippen LogP contribution is -2.44. The van der Waals surface area contributed by atoms with E-state index in [1.807, 2.05) is 49.4 Å². The van der Waals surface area contributed by atoms with E-state index in [1.165, 1.54) is 17.1 Å². The van der Waals surface area contributed by atoms with Crippen molar-refractivity contribution < 1.29 is 13.2 Å². The molecule has 10 nitrogen and oxygen atoms in total. The number of halogens is 1. The minimum absolute atomic E-state index is 0.0118. The summed E-state index contributed by atoms with van der Waals surface area (Å²) in [7, 11) is -0.228. The van der Waals surface area contributed by atoms with Crippen LogP contribution in [0.4, 0.5) is 11.6 Å². The Morgan fingerprint density at radius 1 is 1.00 bits per heavy atom. The average Bonchev–Trinajstić information content (AvgIpc) is 3.68. The normalized spacial score (nSPS) is 16.1. The SMILES string of the molecule is Cc1ccccc1-c1nc(NS(=O)(=O)c2cnn(C)c2)nc(Oc2cccc(N3CCN(C)CC3)c2Cl)c1C1CC1. The maximum atomic E-state index is 13.2. The minimum Gasteiger partial charge on any atom is -0.437 e. The third-order valence-electron chi connectivity index (χ3n) is 7.51. The topological polar surface area (TPSA) is 105 Å². The lowest BCUT2D eigenvalue weighted by Gasteiger charge is -2.34. The molecule has 0 amide bonds. The van der Waals surface area contributed by atoms with E-state index in [0.29, 0.717) is 22.3 Å². The average molecular weight is 594 g/mol. The van der Waals surface area contributed by atoms with Crippen LogP contribution >= 0.6 is 11.6 Å². The van der Waals surface area contributed by atoms with Crippen LogP contribution < -0.4 is 14.4 Å². The second-order valence-electron chi connectivity index (χ2n) is 10.6. The molecule has 12 heteroatoms. The Labute approximate surface area is 245 Å². The number of nitrogens with zero attached hydrogens (tertiary/aromatic N) is 6. The molecule has 1 aliphatic carbocycles. The molecule has 4 aromatic rings. The largest absolute Gasteiger partial charge is 0.437 e. The fraction of sp³-hybridized carbons (Fsp3) is 0.345. The summed E-state index contributed by atoms with van der Waals surface area (Å²) in [5.74, 6) is 0.864. The molecule has 6 rings (SSSR count). The van der Waals surface area contributed by atoms with Crippen molar-refractivity contribution in [1.29, 1.82) is 0 Å². The highest BCUT2D eigenvalue weighted by molar-refractivity contribution is 7.92. The quantitative estimate of drug-likeness (QED) is 0.302. The molecule has 1 aliphatic heterocycles. The molecule has 2 aromatic heterocycles. The number of hydrogen-bond donors (Lipinski definition) is 1. The van der Waals surface area contributed by atoms with Gasteiger partial charge in [-0.1, -0.05) is 41.9 Å². The van der Waals surface area contributed by atoms with Crippen LogP contribution in [0.5, 0.6) is 11.6 Å². The summed E-state index contributed by atoms with van der Waals surface area (Å²) in [4.78, 5) is 13.9. The monoisotopic (exact) mass is 593 g/mol. The zero-order valence-corrected chi connectivity index (χ0v) is 24.8. The molecular weight excluding hydrogens is 562 g/mol. The van der Waals surface area contributed by atoms with Gasteiger partial charge < -0.3 is 14.5 Å². The van der Waals surface area contributed by atoms with E-state index < -0.39 is 10.0 Å². The number of benzene rings is 2. The molecule has 0 spiro atoms. The van der Waals surface area contributed by atoms with Crippen molar-refractivity contribution in [1.82, 2.24) is 24.6 Å². The van der Waals surface area contributed by atoms with Crippen LogP contribution in [-0.2, 0) is 17.1 Å². The molecule has 41 heavy (non-hydrogen) atoms. The van der Waals surface area contributed by atoms with Crippen molar-refractivity contribution in [2.75, 3.05) is 42.8 Å². The van der Waals surface area contributed by atoms with Gasteiger partial charge in [-0.3, -0.25) is 4.68 Å². The lowest BCUT2D eigenvalue weighted by atomic mass is 9.99. The fourth-order valence-electron chi connectivity index (χ4n) is 5.05. The summed E-state index contributed by atoms with van der Waals surface area (Å²) in [5.41, 5.74) is 4.29. The van der Waals surface area contributed by atoms with Crippen LogP contribution in [-0.4, -0.2) is 66.3 Å². The molecule has 3 heterocycles. The Morgan fingerprint density at radius 2 is 1.76 bits per heavy atom. The van der Waals surface area contributed by atoms with E-state index in [1.54, 1.807) is 7.05 Å². The first-order valence-corrected chi connectivity index (χ1v) is 15.4. The van der Waals surface area contributed by atoms with E-state index in [4.69, 9.17) is 21.3 Å². The van der Waals surface area contributed by atoms with Crippen LogP contribution in [0.2, 0.25) is 5.02 Å². The molecule has 1 saturated carbocycles. The Morgan fingerprint density at radius 3 is 2.44 bits per heavy atom. The van der Waals surface area contributed by atoms with Crippen molar-refractivity contribution >= 4 is 33.3 Å². The molecule has 2 aliphatic rings. The van der Waals surface area contributed by atoms with E-state index in [9.17, 15) is 8.42 Å². The second kappa shape index (κ2) is 11.0. The van der Waals surface area contributed by atoms with Crippen molar-refractivity contribution in [3.05, 3.63) is 71.0 Å². The highest BCUT2D eigenvalue weighted by atomic mass is 35.5. The number of piperazine rings is 1. The Kier molecular flexibility index (Phi) is 7.35. The first kappa shape index (κ1) is 27.5. The zero-order valence-electron chi connectivity index (χ0n) is 23.2.